The highest BCUT2D eigenvalue weighted by molar-refractivity contribution is 9.10. The standard InChI is InChI=1S/C16H12BrClN4OS/c1-23-14-11(7-12(17)8-13(14)18)9-19-22-15(20-21-16(22)24)10-5-3-2-4-6-10/h2-9H,1H3,(H,21,24)/b19-9-. The maximum Gasteiger partial charge on any atom is 0.216 e. The van der Waals surface area contributed by atoms with Gasteiger partial charge in [-0.3, -0.25) is 0 Å². The highest BCUT2D eigenvalue weighted by atomic mass is 79.9. The lowest BCUT2D eigenvalue weighted by Gasteiger charge is -2.07. The van der Waals surface area contributed by atoms with E-state index in [1.54, 1.807) is 24.1 Å². The van der Waals surface area contributed by atoms with Crippen molar-refractivity contribution in [1.29, 1.82) is 0 Å². The van der Waals surface area contributed by atoms with E-state index < -0.39 is 0 Å². The second-order valence-corrected chi connectivity index (χ2v) is 6.49. The average Bonchev–Trinajstić information content (AvgIpc) is 2.94. The molecule has 1 aromatic heterocycles. The Morgan fingerprint density at radius 2 is 2.08 bits per heavy atom. The number of hydrogen-bond acceptors (Lipinski definition) is 4. The van der Waals surface area contributed by atoms with Gasteiger partial charge in [0.15, 0.2) is 5.82 Å². The molecule has 0 atom stereocenters. The number of aromatic nitrogens is 3. The summed E-state index contributed by atoms with van der Waals surface area (Å²) in [6.45, 7) is 0. The first-order valence-corrected chi connectivity index (χ1v) is 8.48. The van der Waals surface area contributed by atoms with Crippen molar-refractivity contribution in [3.05, 3.63) is 62.3 Å². The summed E-state index contributed by atoms with van der Waals surface area (Å²) in [6.07, 6.45) is 1.63. The number of rotatable bonds is 4. The van der Waals surface area contributed by atoms with Crippen molar-refractivity contribution in [3.8, 4) is 17.1 Å². The molecule has 0 aliphatic rings. The van der Waals surface area contributed by atoms with Gasteiger partial charge < -0.3 is 4.74 Å². The van der Waals surface area contributed by atoms with Crippen molar-refractivity contribution in [2.45, 2.75) is 0 Å². The second kappa shape index (κ2) is 7.29. The van der Waals surface area contributed by atoms with Gasteiger partial charge >= 0.3 is 0 Å². The Hall–Kier alpha value is -1.96. The van der Waals surface area contributed by atoms with E-state index >= 15 is 0 Å². The molecule has 0 amide bonds. The van der Waals surface area contributed by atoms with Crippen LogP contribution in [-0.2, 0) is 0 Å². The molecular weight excluding hydrogens is 412 g/mol. The van der Waals surface area contributed by atoms with Crippen LogP contribution in [0.1, 0.15) is 5.56 Å². The van der Waals surface area contributed by atoms with E-state index in [2.05, 4.69) is 31.2 Å². The van der Waals surface area contributed by atoms with E-state index in [0.29, 0.717) is 21.4 Å². The highest BCUT2D eigenvalue weighted by Crippen LogP contribution is 2.31. The largest absolute Gasteiger partial charge is 0.495 e. The third-order valence-corrected chi connectivity index (χ3v) is 4.24. The molecule has 0 aliphatic heterocycles. The second-order valence-electron chi connectivity index (χ2n) is 4.78. The molecule has 0 aliphatic carbocycles. The number of methoxy groups -OCH3 is 1. The van der Waals surface area contributed by atoms with E-state index in [-0.39, 0.29) is 0 Å². The molecule has 122 valence electrons. The van der Waals surface area contributed by atoms with Gasteiger partial charge in [0.05, 0.1) is 18.3 Å². The number of nitrogens with one attached hydrogen (secondary N) is 1. The van der Waals surface area contributed by atoms with E-state index in [0.717, 1.165) is 15.6 Å². The molecule has 0 bridgehead atoms. The Morgan fingerprint density at radius 1 is 1.33 bits per heavy atom. The SMILES string of the molecule is COc1c(Cl)cc(Br)cc1/C=N\n1c(-c2ccccc2)n[nH]c1=S. The smallest absolute Gasteiger partial charge is 0.216 e. The predicted octanol–water partition coefficient (Wildman–Crippen LogP) is 4.91. The van der Waals surface area contributed by atoms with E-state index in [4.69, 9.17) is 28.6 Å². The van der Waals surface area contributed by atoms with Crippen LogP contribution in [0, 0.1) is 4.77 Å². The molecule has 3 aromatic rings. The molecule has 1 N–H and O–H groups in total. The van der Waals surface area contributed by atoms with Crippen LogP contribution in [0.5, 0.6) is 5.75 Å². The highest BCUT2D eigenvalue weighted by Gasteiger charge is 2.10. The summed E-state index contributed by atoms with van der Waals surface area (Å²) in [5, 5.41) is 11.9. The number of H-pyrrole nitrogens is 1. The summed E-state index contributed by atoms with van der Waals surface area (Å²) in [5.41, 5.74) is 1.63. The fraction of sp³-hybridized carbons (Fsp3) is 0.0625. The van der Waals surface area contributed by atoms with E-state index in [9.17, 15) is 0 Å². The van der Waals surface area contributed by atoms with Crippen molar-refractivity contribution < 1.29 is 4.74 Å². The van der Waals surface area contributed by atoms with Gasteiger partial charge in [-0.2, -0.15) is 14.9 Å². The van der Waals surface area contributed by atoms with Crippen LogP contribution in [0.4, 0.5) is 0 Å². The third kappa shape index (κ3) is 3.43. The summed E-state index contributed by atoms with van der Waals surface area (Å²) in [4.78, 5) is 0. The quantitative estimate of drug-likeness (QED) is 0.479. The number of hydrogen-bond donors (Lipinski definition) is 1. The molecule has 0 spiro atoms. The molecule has 0 fully saturated rings. The molecule has 3 rings (SSSR count). The zero-order chi connectivity index (χ0) is 17.1. The minimum absolute atomic E-state index is 0.394. The van der Waals surface area contributed by atoms with Crippen molar-refractivity contribution in [1.82, 2.24) is 14.9 Å². The van der Waals surface area contributed by atoms with Gasteiger partial charge in [0, 0.05) is 15.6 Å². The van der Waals surface area contributed by atoms with Crippen molar-refractivity contribution in [2.75, 3.05) is 7.11 Å². The summed E-state index contributed by atoms with van der Waals surface area (Å²) in [6, 6.07) is 13.3. The van der Waals surface area contributed by atoms with Crippen LogP contribution in [0.25, 0.3) is 11.4 Å². The Kier molecular flexibility index (Phi) is 5.13. The first-order chi connectivity index (χ1) is 11.6. The van der Waals surface area contributed by atoms with E-state index in [1.807, 2.05) is 36.4 Å². The molecule has 0 saturated heterocycles. The number of halogens is 2. The topological polar surface area (TPSA) is 55.2 Å². The minimum Gasteiger partial charge on any atom is -0.495 e. The molecule has 2 aromatic carbocycles. The summed E-state index contributed by atoms with van der Waals surface area (Å²) >= 11 is 14.9. The lowest BCUT2D eigenvalue weighted by Crippen LogP contribution is -1.97. The van der Waals surface area contributed by atoms with Crippen molar-refractivity contribution in [3.63, 3.8) is 0 Å². The minimum atomic E-state index is 0.394. The molecule has 8 heteroatoms. The Bertz CT molecular complexity index is 952. The summed E-state index contributed by atoms with van der Waals surface area (Å²) in [7, 11) is 1.56. The van der Waals surface area contributed by atoms with Crippen LogP contribution in [0.3, 0.4) is 0 Å². The fourth-order valence-corrected chi connectivity index (χ4v) is 3.27. The van der Waals surface area contributed by atoms with Crippen LogP contribution in [0.2, 0.25) is 5.02 Å². The van der Waals surface area contributed by atoms with Gasteiger partial charge in [-0.1, -0.05) is 57.9 Å². The number of aromatic amines is 1. The molecule has 5 nitrogen and oxygen atoms in total. The van der Waals surface area contributed by atoms with Crippen LogP contribution in [0.15, 0.2) is 52.0 Å². The van der Waals surface area contributed by atoms with Gasteiger partial charge in [-0.05, 0) is 24.4 Å². The van der Waals surface area contributed by atoms with Crippen LogP contribution < -0.4 is 4.74 Å². The van der Waals surface area contributed by atoms with Crippen molar-refractivity contribution >= 4 is 46.0 Å². The number of benzene rings is 2. The molecule has 0 saturated carbocycles. The van der Waals surface area contributed by atoms with Gasteiger partial charge in [0.25, 0.3) is 0 Å². The summed E-state index contributed by atoms with van der Waals surface area (Å²) in [5.74, 6) is 1.16. The summed E-state index contributed by atoms with van der Waals surface area (Å²) < 4.78 is 8.12. The number of nitrogens with zero attached hydrogens (tertiary/aromatic N) is 3. The molecule has 1 heterocycles. The molecule has 0 unspecified atom stereocenters. The fourth-order valence-electron chi connectivity index (χ4n) is 2.18. The maximum absolute atomic E-state index is 6.19. The predicted molar refractivity (Wildman–Crippen MR) is 102 cm³/mol. The Labute approximate surface area is 157 Å². The van der Waals surface area contributed by atoms with E-state index in [1.165, 1.54) is 0 Å². The lowest BCUT2D eigenvalue weighted by molar-refractivity contribution is 0.414. The van der Waals surface area contributed by atoms with Crippen LogP contribution in [-0.4, -0.2) is 28.2 Å². The zero-order valence-electron chi connectivity index (χ0n) is 12.5. The van der Waals surface area contributed by atoms with Crippen LogP contribution >= 0.6 is 39.7 Å². The normalized spacial score (nSPS) is 11.1. The maximum atomic E-state index is 6.19. The monoisotopic (exact) mass is 422 g/mol. The Morgan fingerprint density at radius 3 is 2.79 bits per heavy atom. The van der Waals surface area contributed by atoms with Gasteiger partial charge in [-0.15, -0.1) is 0 Å². The van der Waals surface area contributed by atoms with Crippen molar-refractivity contribution in [2.24, 2.45) is 5.10 Å². The van der Waals surface area contributed by atoms with Gasteiger partial charge in [-0.25, -0.2) is 5.10 Å². The lowest BCUT2D eigenvalue weighted by atomic mass is 10.2. The first-order valence-electron chi connectivity index (χ1n) is 6.90. The third-order valence-electron chi connectivity index (χ3n) is 3.24. The average molecular weight is 424 g/mol. The van der Waals surface area contributed by atoms with Gasteiger partial charge in [0.2, 0.25) is 4.77 Å². The van der Waals surface area contributed by atoms with Gasteiger partial charge in [0.1, 0.15) is 5.75 Å². The molecule has 24 heavy (non-hydrogen) atoms. The Balaban J connectivity index is 2.06. The number of ether oxygens (including phenoxy) is 1. The zero-order valence-corrected chi connectivity index (χ0v) is 15.7. The first kappa shape index (κ1) is 16.9. The molecule has 0 radical (unpaired) electrons. The molecular formula is C16H12BrClN4OS.